The first-order valence-corrected chi connectivity index (χ1v) is 4.43. The topological polar surface area (TPSA) is 56.5 Å². The highest BCUT2D eigenvalue weighted by Crippen LogP contribution is 2.30. The van der Waals surface area contributed by atoms with Gasteiger partial charge in [-0.3, -0.25) is 4.40 Å². The van der Waals surface area contributed by atoms with Crippen LogP contribution < -0.4 is 0 Å². The van der Waals surface area contributed by atoms with E-state index >= 15 is 0 Å². The molecule has 8 heteroatoms. The molecule has 17 heavy (non-hydrogen) atoms. The Morgan fingerprint density at radius 3 is 2.71 bits per heavy atom. The zero-order valence-corrected chi connectivity index (χ0v) is 8.52. The van der Waals surface area contributed by atoms with Crippen molar-refractivity contribution in [3.8, 4) is 0 Å². The number of hydrogen-bond donors (Lipinski definition) is 0. The lowest BCUT2D eigenvalue weighted by atomic mass is 10.2. The minimum absolute atomic E-state index is 0.0713. The van der Waals surface area contributed by atoms with E-state index in [1.54, 1.807) is 0 Å². The number of nitrogens with zero attached hydrogens (tertiary/aromatic N) is 3. The molecule has 0 saturated carbocycles. The fourth-order valence-corrected chi connectivity index (χ4v) is 1.41. The van der Waals surface area contributed by atoms with Crippen LogP contribution in [0.2, 0.25) is 0 Å². The number of carbonyl (C=O) groups is 1. The number of fused-ring (bicyclic) bond motifs is 1. The number of carbonyl (C=O) groups excluding carboxylic acids is 1. The molecule has 0 aliphatic heterocycles. The van der Waals surface area contributed by atoms with Crippen LogP contribution in [0.5, 0.6) is 0 Å². The van der Waals surface area contributed by atoms with Crippen LogP contribution >= 0.6 is 0 Å². The van der Waals surface area contributed by atoms with Gasteiger partial charge >= 0.3 is 12.1 Å². The second-order valence-corrected chi connectivity index (χ2v) is 3.15. The summed E-state index contributed by atoms with van der Waals surface area (Å²) < 4.78 is 43.0. The Hall–Kier alpha value is -2.12. The second-order valence-electron chi connectivity index (χ2n) is 3.15. The van der Waals surface area contributed by atoms with Crippen LogP contribution in [0.15, 0.2) is 18.5 Å². The van der Waals surface area contributed by atoms with E-state index in [9.17, 15) is 18.0 Å². The third kappa shape index (κ3) is 1.81. The molecule has 0 amide bonds. The Bertz CT molecular complexity index is 576. The van der Waals surface area contributed by atoms with Crippen molar-refractivity contribution in [3.63, 3.8) is 0 Å². The van der Waals surface area contributed by atoms with Gasteiger partial charge in [0, 0.05) is 0 Å². The van der Waals surface area contributed by atoms with Gasteiger partial charge in [0.2, 0.25) is 0 Å². The van der Waals surface area contributed by atoms with Crippen molar-refractivity contribution in [1.82, 2.24) is 14.6 Å². The molecule has 0 saturated heterocycles. The molecule has 0 aliphatic rings. The predicted molar refractivity (Wildman–Crippen MR) is 49.3 cm³/mol. The van der Waals surface area contributed by atoms with Crippen LogP contribution in [-0.4, -0.2) is 27.7 Å². The number of hydrogen-bond acceptors (Lipinski definition) is 4. The Kier molecular flexibility index (Phi) is 2.49. The van der Waals surface area contributed by atoms with Crippen molar-refractivity contribution in [2.75, 3.05) is 7.11 Å². The van der Waals surface area contributed by atoms with Crippen LogP contribution in [0.1, 0.15) is 16.1 Å². The molecule has 0 radical (unpaired) electrons. The normalized spacial score (nSPS) is 11.8. The molecule has 0 spiro atoms. The molecule has 2 heterocycles. The fraction of sp³-hybridized carbons (Fsp3) is 0.222. The summed E-state index contributed by atoms with van der Waals surface area (Å²) in [6.45, 7) is 0. The minimum Gasteiger partial charge on any atom is -0.465 e. The third-order valence-electron chi connectivity index (χ3n) is 2.15. The lowest BCUT2D eigenvalue weighted by Gasteiger charge is -2.10. The Labute approximate surface area is 92.8 Å². The van der Waals surface area contributed by atoms with E-state index in [2.05, 4.69) is 14.9 Å². The van der Waals surface area contributed by atoms with Gasteiger partial charge in [-0.2, -0.15) is 13.2 Å². The van der Waals surface area contributed by atoms with Gasteiger partial charge in [0.1, 0.15) is 17.6 Å². The molecule has 0 unspecified atom stereocenters. The second kappa shape index (κ2) is 3.72. The number of pyridine rings is 1. The van der Waals surface area contributed by atoms with Crippen LogP contribution in [0, 0.1) is 0 Å². The molecule has 90 valence electrons. The SMILES string of the molecule is COC(=O)c1ccc(C(F)(F)F)n2cnnc12. The number of ether oxygens (including phenoxy) is 1. The zero-order valence-electron chi connectivity index (χ0n) is 8.52. The van der Waals surface area contributed by atoms with Crippen molar-refractivity contribution in [2.45, 2.75) is 6.18 Å². The summed E-state index contributed by atoms with van der Waals surface area (Å²) in [5, 5.41) is 6.83. The summed E-state index contributed by atoms with van der Waals surface area (Å²) in [5.41, 5.74) is -1.21. The number of rotatable bonds is 1. The van der Waals surface area contributed by atoms with Gasteiger partial charge in [-0.25, -0.2) is 4.79 Å². The number of aromatic nitrogens is 3. The van der Waals surface area contributed by atoms with Crippen molar-refractivity contribution >= 4 is 11.6 Å². The maximum atomic E-state index is 12.6. The van der Waals surface area contributed by atoms with Crippen LogP contribution in [0.4, 0.5) is 13.2 Å². The maximum absolute atomic E-state index is 12.6. The molecule has 0 aliphatic carbocycles. The minimum atomic E-state index is -4.55. The quantitative estimate of drug-likeness (QED) is 0.715. The van der Waals surface area contributed by atoms with Gasteiger partial charge in [0.15, 0.2) is 5.65 Å². The monoisotopic (exact) mass is 245 g/mol. The molecular weight excluding hydrogens is 239 g/mol. The van der Waals surface area contributed by atoms with Crippen molar-refractivity contribution in [1.29, 1.82) is 0 Å². The van der Waals surface area contributed by atoms with E-state index in [1.807, 2.05) is 0 Å². The highest BCUT2D eigenvalue weighted by atomic mass is 19.4. The summed E-state index contributed by atoms with van der Waals surface area (Å²) in [4.78, 5) is 11.3. The Balaban J connectivity index is 2.71. The lowest BCUT2D eigenvalue weighted by molar-refractivity contribution is -0.142. The van der Waals surface area contributed by atoms with E-state index in [0.29, 0.717) is 4.40 Å². The van der Waals surface area contributed by atoms with Crippen LogP contribution in [0.3, 0.4) is 0 Å². The maximum Gasteiger partial charge on any atom is 0.431 e. The largest absolute Gasteiger partial charge is 0.465 e. The highest BCUT2D eigenvalue weighted by molar-refractivity contribution is 5.95. The fourth-order valence-electron chi connectivity index (χ4n) is 1.41. The number of esters is 1. The van der Waals surface area contributed by atoms with E-state index in [1.165, 1.54) is 0 Å². The van der Waals surface area contributed by atoms with Crippen molar-refractivity contribution in [2.24, 2.45) is 0 Å². The molecule has 0 N–H and O–H groups in total. The summed E-state index contributed by atoms with van der Waals surface area (Å²) >= 11 is 0. The van der Waals surface area contributed by atoms with Crippen molar-refractivity contribution in [3.05, 3.63) is 29.7 Å². The van der Waals surface area contributed by atoms with E-state index < -0.39 is 17.8 Å². The lowest BCUT2D eigenvalue weighted by Crippen LogP contribution is -2.13. The van der Waals surface area contributed by atoms with Crippen LogP contribution in [0.25, 0.3) is 5.65 Å². The Morgan fingerprint density at radius 1 is 1.41 bits per heavy atom. The van der Waals surface area contributed by atoms with Gasteiger partial charge in [0.05, 0.1) is 7.11 Å². The molecule has 0 bridgehead atoms. The van der Waals surface area contributed by atoms with Crippen molar-refractivity contribution < 1.29 is 22.7 Å². The average molecular weight is 245 g/mol. The standard InChI is InChI=1S/C9H6F3N3O2/c1-17-8(16)5-2-3-6(9(10,11)12)15-4-13-14-7(5)15/h2-4H,1H3. The predicted octanol–water partition coefficient (Wildman–Crippen LogP) is 1.53. The summed E-state index contributed by atoms with van der Waals surface area (Å²) in [7, 11) is 1.13. The van der Waals surface area contributed by atoms with Gasteiger partial charge < -0.3 is 4.74 Å². The average Bonchev–Trinajstić information content (AvgIpc) is 2.73. The molecular formula is C9H6F3N3O2. The van der Waals surface area contributed by atoms with Gasteiger partial charge in [-0.15, -0.1) is 10.2 Å². The van der Waals surface area contributed by atoms with E-state index in [0.717, 1.165) is 25.6 Å². The van der Waals surface area contributed by atoms with E-state index in [4.69, 9.17) is 0 Å². The molecule has 2 aromatic heterocycles. The summed E-state index contributed by atoms with van der Waals surface area (Å²) in [6, 6.07) is 1.79. The molecule has 5 nitrogen and oxygen atoms in total. The van der Waals surface area contributed by atoms with Gasteiger partial charge in [-0.05, 0) is 12.1 Å². The highest BCUT2D eigenvalue weighted by Gasteiger charge is 2.34. The Morgan fingerprint density at radius 2 is 2.12 bits per heavy atom. The third-order valence-corrected chi connectivity index (χ3v) is 2.15. The van der Waals surface area contributed by atoms with E-state index in [-0.39, 0.29) is 11.2 Å². The summed E-state index contributed by atoms with van der Waals surface area (Å²) in [5.74, 6) is -0.767. The molecule has 0 aromatic carbocycles. The first-order valence-electron chi connectivity index (χ1n) is 4.43. The first-order chi connectivity index (χ1) is 7.95. The number of halogens is 3. The van der Waals surface area contributed by atoms with Gasteiger partial charge in [-0.1, -0.05) is 0 Å². The zero-order chi connectivity index (χ0) is 12.6. The number of alkyl halides is 3. The van der Waals surface area contributed by atoms with Crippen LogP contribution in [-0.2, 0) is 10.9 Å². The number of methoxy groups -OCH3 is 1. The first kappa shape index (κ1) is 11.4. The molecule has 2 aromatic rings. The molecule has 0 fully saturated rings. The van der Waals surface area contributed by atoms with Gasteiger partial charge in [0.25, 0.3) is 0 Å². The molecule has 2 rings (SSSR count). The molecule has 0 atom stereocenters. The summed E-state index contributed by atoms with van der Waals surface area (Å²) in [6.07, 6.45) is -3.65. The smallest absolute Gasteiger partial charge is 0.431 e.